The van der Waals surface area contributed by atoms with Crippen molar-refractivity contribution >= 4 is 22.6 Å². The molecule has 1 atom stereocenters. The average molecular weight is 436 g/mol. The van der Waals surface area contributed by atoms with E-state index in [-0.39, 0.29) is 24.2 Å². The molecule has 7 nitrogen and oxygen atoms in total. The second-order valence-electron chi connectivity index (χ2n) is 8.12. The Bertz CT molecular complexity index is 1130. The van der Waals surface area contributed by atoms with E-state index in [1.54, 1.807) is 4.90 Å². The molecule has 1 saturated heterocycles. The van der Waals surface area contributed by atoms with Crippen molar-refractivity contribution in [3.63, 3.8) is 0 Å². The zero-order chi connectivity index (χ0) is 22.5. The van der Waals surface area contributed by atoms with E-state index < -0.39 is 0 Å². The zero-order valence-electron chi connectivity index (χ0n) is 18.5. The Labute approximate surface area is 187 Å². The lowest BCUT2D eigenvalue weighted by Crippen LogP contribution is -2.40. The number of aromatic amines is 1. The van der Waals surface area contributed by atoms with E-state index in [0.717, 1.165) is 35.1 Å². The molecule has 32 heavy (non-hydrogen) atoms. The lowest BCUT2D eigenvalue weighted by molar-refractivity contribution is 0.0818. The van der Waals surface area contributed by atoms with Crippen molar-refractivity contribution in [2.75, 3.05) is 25.1 Å². The summed E-state index contributed by atoms with van der Waals surface area (Å²) in [6, 6.07) is 14.8. The highest BCUT2D eigenvalue weighted by Crippen LogP contribution is 2.21. The van der Waals surface area contributed by atoms with Crippen LogP contribution in [-0.4, -0.2) is 41.8 Å². The van der Waals surface area contributed by atoms with Crippen molar-refractivity contribution in [3.05, 3.63) is 70.0 Å². The van der Waals surface area contributed by atoms with Gasteiger partial charge in [-0.1, -0.05) is 17.7 Å². The summed E-state index contributed by atoms with van der Waals surface area (Å²) in [6.07, 6.45) is 1.86. The van der Waals surface area contributed by atoms with Gasteiger partial charge in [-0.15, -0.1) is 0 Å². The molecule has 7 heteroatoms. The van der Waals surface area contributed by atoms with Crippen LogP contribution in [0.5, 0.6) is 5.75 Å². The molecule has 2 N–H and O–H groups in total. The maximum Gasteiger partial charge on any atom is 0.322 e. The number of carbonyl (C=O) groups excluding carboxylic acids is 1. The van der Waals surface area contributed by atoms with Gasteiger partial charge in [0.05, 0.1) is 19.3 Å². The van der Waals surface area contributed by atoms with Gasteiger partial charge < -0.3 is 24.7 Å². The van der Waals surface area contributed by atoms with Gasteiger partial charge in [-0.25, -0.2) is 4.79 Å². The second-order valence-corrected chi connectivity index (χ2v) is 8.12. The van der Waals surface area contributed by atoms with Gasteiger partial charge in [0.25, 0.3) is 5.56 Å². The molecular formula is C25H29N3O4. The van der Waals surface area contributed by atoms with Crippen LogP contribution in [0.4, 0.5) is 10.5 Å². The molecule has 0 radical (unpaired) electrons. The molecule has 0 saturated carbocycles. The lowest BCUT2D eigenvalue weighted by atomic mass is 10.1. The maximum atomic E-state index is 13.1. The van der Waals surface area contributed by atoms with Crippen LogP contribution in [0.1, 0.15) is 30.9 Å². The average Bonchev–Trinajstić information content (AvgIpc) is 3.29. The Morgan fingerprint density at radius 3 is 2.75 bits per heavy atom. The number of nitrogens with one attached hydrogen (secondary N) is 2. The van der Waals surface area contributed by atoms with Gasteiger partial charge in [-0.3, -0.25) is 4.79 Å². The van der Waals surface area contributed by atoms with Crippen LogP contribution in [0, 0.1) is 6.92 Å². The molecule has 2 heterocycles. The van der Waals surface area contributed by atoms with Crippen LogP contribution in [0.3, 0.4) is 0 Å². The number of urea groups is 1. The maximum absolute atomic E-state index is 13.1. The lowest BCUT2D eigenvalue weighted by Gasteiger charge is -2.26. The summed E-state index contributed by atoms with van der Waals surface area (Å²) in [7, 11) is 0. The summed E-state index contributed by atoms with van der Waals surface area (Å²) in [6.45, 7) is 5.80. The van der Waals surface area contributed by atoms with Gasteiger partial charge >= 0.3 is 6.03 Å². The minimum atomic E-state index is -0.257. The van der Waals surface area contributed by atoms with Gasteiger partial charge in [0.15, 0.2) is 0 Å². The first-order valence-electron chi connectivity index (χ1n) is 11.0. The third kappa shape index (κ3) is 5.29. The first-order chi connectivity index (χ1) is 15.5. The third-order valence-electron chi connectivity index (χ3n) is 5.60. The molecule has 1 fully saturated rings. The number of aromatic nitrogens is 1. The molecule has 168 valence electrons. The van der Waals surface area contributed by atoms with Crippen LogP contribution in [0.2, 0.25) is 0 Å². The van der Waals surface area contributed by atoms with Crippen LogP contribution in [-0.2, 0) is 11.3 Å². The number of anilines is 1. The number of hydrogen-bond acceptors (Lipinski definition) is 4. The van der Waals surface area contributed by atoms with Gasteiger partial charge in [-0.2, -0.15) is 0 Å². The number of rotatable bonds is 7. The normalized spacial score (nSPS) is 15.6. The van der Waals surface area contributed by atoms with Gasteiger partial charge in [-0.05, 0) is 63.1 Å². The van der Waals surface area contributed by atoms with Crippen LogP contribution >= 0.6 is 0 Å². The Kier molecular flexibility index (Phi) is 6.75. The first kappa shape index (κ1) is 21.9. The highest BCUT2D eigenvalue weighted by molar-refractivity contribution is 5.89. The van der Waals surface area contributed by atoms with E-state index in [4.69, 9.17) is 9.47 Å². The Hall–Kier alpha value is -3.32. The second kappa shape index (κ2) is 9.87. The van der Waals surface area contributed by atoms with Crippen molar-refractivity contribution in [2.45, 2.75) is 39.3 Å². The largest absolute Gasteiger partial charge is 0.494 e. The fourth-order valence-corrected chi connectivity index (χ4v) is 3.90. The number of carbonyl (C=O) groups is 1. The summed E-state index contributed by atoms with van der Waals surface area (Å²) in [4.78, 5) is 30.5. The highest BCUT2D eigenvalue weighted by atomic mass is 16.5. The molecular weight excluding hydrogens is 406 g/mol. The SMILES string of the molecule is CCOc1ccc2[nH]c(=O)c(CN(C[C@@H]3CCCO3)C(=O)Nc3ccc(C)cc3)cc2c1. The molecule has 1 aliphatic rings. The fraction of sp³-hybridized carbons (Fsp3) is 0.360. The zero-order valence-corrected chi connectivity index (χ0v) is 18.5. The predicted molar refractivity (Wildman–Crippen MR) is 125 cm³/mol. The fourth-order valence-electron chi connectivity index (χ4n) is 3.90. The standard InChI is InChI=1S/C25H29N3O4/c1-3-31-21-10-11-23-18(14-21)13-19(24(29)27-23)15-28(16-22-5-4-12-32-22)25(30)26-20-8-6-17(2)7-9-20/h6-11,13-14,22H,3-5,12,15-16H2,1-2H3,(H,26,30)(H,27,29)/t22-/m0/s1. The van der Waals surface area contributed by atoms with E-state index in [2.05, 4.69) is 10.3 Å². The van der Waals surface area contributed by atoms with Crippen molar-refractivity contribution in [2.24, 2.45) is 0 Å². The molecule has 0 bridgehead atoms. The Morgan fingerprint density at radius 1 is 1.22 bits per heavy atom. The molecule has 3 aromatic rings. The summed E-state index contributed by atoms with van der Waals surface area (Å²) < 4.78 is 11.3. The van der Waals surface area contributed by atoms with Gasteiger partial charge in [0.1, 0.15) is 5.75 Å². The molecule has 0 unspecified atom stereocenters. The minimum Gasteiger partial charge on any atom is -0.494 e. The number of pyridine rings is 1. The molecule has 0 aliphatic carbocycles. The molecule has 4 rings (SSSR count). The van der Waals surface area contributed by atoms with Gasteiger partial charge in [0.2, 0.25) is 0 Å². The third-order valence-corrected chi connectivity index (χ3v) is 5.60. The number of fused-ring (bicyclic) bond motifs is 1. The summed E-state index contributed by atoms with van der Waals surface area (Å²) >= 11 is 0. The monoisotopic (exact) mass is 435 g/mol. The van der Waals surface area contributed by atoms with E-state index in [1.807, 2.05) is 62.4 Å². The quantitative estimate of drug-likeness (QED) is 0.574. The van der Waals surface area contributed by atoms with Crippen LogP contribution in [0.25, 0.3) is 10.9 Å². The number of hydrogen-bond donors (Lipinski definition) is 2. The Morgan fingerprint density at radius 2 is 2.03 bits per heavy atom. The summed E-state index contributed by atoms with van der Waals surface area (Å²) in [5.74, 6) is 0.742. The number of benzene rings is 2. The predicted octanol–water partition coefficient (Wildman–Crippen LogP) is 4.45. The van der Waals surface area contributed by atoms with Gasteiger partial charge in [0, 0.05) is 35.3 Å². The molecule has 0 spiro atoms. The molecule has 1 aromatic heterocycles. The smallest absolute Gasteiger partial charge is 0.322 e. The van der Waals surface area contributed by atoms with Crippen molar-refractivity contribution in [1.29, 1.82) is 0 Å². The number of nitrogens with zero attached hydrogens (tertiary/aromatic N) is 1. The van der Waals surface area contributed by atoms with Crippen LogP contribution < -0.4 is 15.6 Å². The first-order valence-corrected chi connectivity index (χ1v) is 11.0. The topological polar surface area (TPSA) is 83.7 Å². The van der Waals surface area contributed by atoms with E-state index >= 15 is 0 Å². The molecule has 2 amide bonds. The number of ether oxygens (including phenoxy) is 2. The van der Waals surface area contributed by atoms with Crippen molar-refractivity contribution < 1.29 is 14.3 Å². The Balaban J connectivity index is 1.59. The van der Waals surface area contributed by atoms with Crippen molar-refractivity contribution in [3.8, 4) is 5.75 Å². The number of amides is 2. The van der Waals surface area contributed by atoms with E-state index in [1.165, 1.54) is 0 Å². The minimum absolute atomic E-state index is 0.0251. The molecule has 1 aliphatic heterocycles. The summed E-state index contributed by atoms with van der Waals surface area (Å²) in [5, 5.41) is 3.81. The summed E-state index contributed by atoms with van der Waals surface area (Å²) in [5.41, 5.74) is 2.88. The van der Waals surface area contributed by atoms with E-state index in [0.29, 0.717) is 31.0 Å². The highest BCUT2D eigenvalue weighted by Gasteiger charge is 2.24. The van der Waals surface area contributed by atoms with E-state index in [9.17, 15) is 9.59 Å². The van der Waals surface area contributed by atoms with Crippen LogP contribution in [0.15, 0.2) is 53.3 Å². The number of aryl methyl sites for hydroxylation is 1. The van der Waals surface area contributed by atoms with Crippen molar-refractivity contribution in [1.82, 2.24) is 9.88 Å². The number of H-pyrrole nitrogens is 1. The molecule has 2 aromatic carbocycles.